The fourth-order valence-electron chi connectivity index (χ4n) is 2.85. The van der Waals surface area contributed by atoms with E-state index in [1.165, 1.54) is 24.6 Å². The molecule has 0 bridgehead atoms. The second-order valence-corrected chi connectivity index (χ2v) is 7.40. The molecule has 5 nitrogen and oxygen atoms in total. The molecule has 2 aromatic rings. The van der Waals surface area contributed by atoms with Crippen molar-refractivity contribution in [2.24, 2.45) is 0 Å². The van der Waals surface area contributed by atoms with Crippen LogP contribution in [0.3, 0.4) is 0 Å². The van der Waals surface area contributed by atoms with Gasteiger partial charge in [0.15, 0.2) is 11.5 Å². The van der Waals surface area contributed by atoms with Crippen LogP contribution in [-0.2, 0) is 23.0 Å². The summed E-state index contributed by atoms with van der Waals surface area (Å²) in [6.07, 6.45) is 0.601. The molecule has 0 spiro atoms. The standard InChI is InChI=1S/C17H18FNO4S/c1-22-15-9-14(18)17(10-16(15)23-2)24(20,21)19-8-7-12-5-3-4-6-13(12)11-19/h3-6,9-10H,7-8,11H2,1-2H3. The molecule has 2 aromatic carbocycles. The third-order valence-corrected chi connectivity index (χ3v) is 6.01. The van der Waals surface area contributed by atoms with Crippen molar-refractivity contribution in [1.82, 2.24) is 4.31 Å². The van der Waals surface area contributed by atoms with Crippen molar-refractivity contribution in [3.8, 4) is 11.5 Å². The summed E-state index contributed by atoms with van der Waals surface area (Å²) in [7, 11) is -1.22. The van der Waals surface area contributed by atoms with Gasteiger partial charge in [0.2, 0.25) is 10.0 Å². The lowest BCUT2D eigenvalue weighted by atomic mass is 10.0. The molecule has 0 unspecified atom stereocenters. The molecule has 128 valence electrons. The molecule has 0 atom stereocenters. The van der Waals surface area contributed by atoms with Crippen LogP contribution in [0, 0.1) is 5.82 Å². The van der Waals surface area contributed by atoms with Crippen molar-refractivity contribution in [3.05, 3.63) is 53.3 Å². The molecule has 1 aliphatic rings. The Labute approximate surface area is 140 Å². The average Bonchev–Trinajstić information content (AvgIpc) is 2.60. The Morgan fingerprint density at radius 2 is 1.67 bits per heavy atom. The molecule has 3 rings (SSSR count). The summed E-state index contributed by atoms with van der Waals surface area (Å²) in [4.78, 5) is -0.403. The van der Waals surface area contributed by atoms with Gasteiger partial charge in [-0.2, -0.15) is 4.31 Å². The number of ether oxygens (including phenoxy) is 2. The summed E-state index contributed by atoms with van der Waals surface area (Å²) in [5.41, 5.74) is 2.06. The molecule has 0 fully saturated rings. The highest BCUT2D eigenvalue weighted by Gasteiger charge is 2.31. The van der Waals surface area contributed by atoms with Crippen LogP contribution in [0.15, 0.2) is 41.3 Å². The molecule has 1 aliphatic heterocycles. The van der Waals surface area contributed by atoms with E-state index in [0.717, 1.165) is 17.2 Å². The second kappa shape index (κ2) is 6.41. The number of nitrogens with zero attached hydrogens (tertiary/aromatic N) is 1. The minimum atomic E-state index is -3.97. The van der Waals surface area contributed by atoms with Crippen LogP contribution in [0.4, 0.5) is 4.39 Å². The first kappa shape index (κ1) is 16.7. The average molecular weight is 351 g/mol. The van der Waals surface area contributed by atoms with E-state index < -0.39 is 20.7 Å². The summed E-state index contributed by atoms with van der Waals surface area (Å²) in [6, 6.07) is 9.87. The first-order valence-corrected chi connectivity index (χ1v) is 8.90. The third kappa shape index (κ3) is 2.85. The van der Waals surface area contributed by atoms with Gasteiger partial charge in [-0.3, -0.25) is 0 Å². The first-order chi connectivity index (χ1) is 11.5. The molecule has 0 saturated carbocycles. The number of hydrogen-bond acceptors (Lipinski definition) is 4. The zero-order chi connectivity index (χ0) is 17.3. The third-order valence-electron chi connectivity index (χ3n) is 4.15. The molecule has 24 heavy (non-hydrogen) atoms. The monoisotopic (exact) mass is 351 g/mol. The number of methoxy groups -OCH3 is 2. The highest BCUT2D eigenvalue weighted by molar-refractivity contribution is 7.89. The van der Waals surface area contributed by atoms with E-state index in [0.29, 0.717) is 13.0 Å². The molecule has 0 radical (unpaired) electrons. The van der Waals surface area contributed by atoms with E-state index in [4.69, 9.17) is 9.47 Å². The summed E-state index contributed by atoms with van der Waals surface area (Å²) >= 11 is 0. The number of fused-ring (bicyclic) bond motifs is 1. The van der Waals surface area contributed by atoms with Gasteiger partial charge in [0.05, 0.1) is 14.2 Å². The Balaban J connectivity index is 2.00. The number of hydrogen-bond donors (Lipinski definition) is 0. The van der Waals surface area contributed by atoms with Crippen molar-refractivity contribution in [2.45, 2.75) is 17.9 Å². The van der Waals surface area contributed by atoms with Gasteiger partial charge in [-0.15, -0.1) is 0 Å². The number of sulfonamides is 1. The van der Waals surface area contributed by atoms with Crippen LogP contribution in [0.5, 0.6) is 11.5 Å². The van der Waals surface area contributed by atoms with Gasteiger partial charge in [0.1, 0.15) is 10.7 Å². The molecular weight excluding hydrogens is 333 g/mol. The summed E-state index contributed by atoms with van der Waals surface area (Å²) in [5.74, 6) is -0.528. The molecule has 7 heteroatoms. The Bertz CT molecular complexity index is 867. The minimum Gasteiger partial charge on any atom is -0.493 e. The van der Waals surface area contributed by atoms with Gasteiger partial charge >= 0.3 is 0 Å². The van der Waals surface area contributed by atoms with Gasteiger partial charge in [-0.1, -0.05) is 24.3 Å². The molecular formula is C17H18FNO4S. The van der Waals surface area contributed by atoms with Crippen LogP contribution in [0.1, 0.15) is 11.1 Å². The van der Waals surface area contributed by atoms with Crippen LogP contribution < -0.4 is 9.47 Å². The van der Waals surface area contributed by atoms with E-state index >= 15 is 0 Å². The zero-order valence-corrected chi connectivity index (χ0v) is 14.3. The lowest BCUT2D eigenvalue weighted by Crippen LogP contribution is -2.36. The molecule has 0 aliphatic carbocycles. The van der Waals surface area contributed by atoms with Gasteiger partial charge in [-0.25, -0.2) is 12.8 Å². The predicted molar refractivity (Wildman–Crippen MR) is 87.2 cm³/mol. The quantitative estimate of drug-likeness (QED) is 0.850. The maximum Gasteiger partial charge on any atom is 0.246 e. The van der Waals surface area contributed by atoms with Crippen LogP contribution >= 0.6 is 0 Å². The molecule has 0 saturated heterocycles. The van der Waals surface area contributed by atoms with E-state index in [1.807, 2.05) is 24.3 Å². The van der Waals surface area contributed by atoms with Crippen molar-refractivity contribution in [2.75, 3.05) is 20.8 Å². The predicted octanol–water partition coefficient (Wildman–Crippen LogP) is 2.59. The summed E-state index contributed by atoms with van der Waals surface area (Å²) < 4.78 is 51.5. The van der Waals surface area contributed by atoms with Gasteiger partial charge in [0, 0.05) is 25.2 Å². The fourth-order valence-corrected chi connectivity index (χ4v) is 4.33. The Morgan fingerprint density at radius 1 is 1.04 bits per heavy atom. The molecule has 0 N–H and O–H groups in total. The van der Waals surface area contributed by atoms with E-state index in [2.05, 4.69) is 0 Å². The SMILES string of the molecule is COc1cc(F)c(S(=O)(=O)N2CCc3ccccc3C2)cc1OC. The lowest BCUT2D eigenvalue weighted by molar-refractivity contribution is 0.348. The smallest absolute Gasteiger partial charge is 0.246 e. The Kier molecular flexibility index (Phi) is 4.47. The largest absolute Gasteiger partial charge is 0.493 e. The molecule has 1 heterocycles. The highest BCUT2D eigenvalue weighted by atomic mass is 32.2. The number of halogens is 1. The molecule has 0 amide bonds. The Hall–Kier alpha value is -2.12. The maximum absolute atomic E-state index is 14.4. The first-order valence-electron chi connectivity index (χ1n) is 7.46. The van der Waals surface area contributed by atoms with Crippen molar-refractivity contribution in [3.63, 3.8) is 0 Å². The Morgan fingerprint density at radius 3 is 2.33 bits per heavy atom. The minimum absolute atomic E-state index is 0.151. The second-order valence-electron chi connectivity index (χ2n) is 5.49. The fraction of sp³-hybridized carbons (Fsp3) is 0.294. The topological polar surface area (TPSA) is 55.8 Å². The van der Waals surface area contributed by atoms with Crippen molar-refractivity contribution >= 4 is 10.0 Å². The van der Waals surface area contributed by atoms with E-state index in [9.17, 15) is 12.8 Å². The molecule has 0 aromatic heterocycles. The lowest BCUT2D eigenvalue weighted by Gasteiger charge is -2.28. The highest BCUT2D eigenvalue weighted by Crippen LogP contribution is 2.34. The van der Waals surface area contributed by atoms with Gasteiger partial charge in [0.25, 0.3) is 0 Å². The zero-order valence-electron chi connectivity index (χ0n) is 13.5. The summed E-state index contributed by atoms with van der Waals surface area (Å²) in [6.45, 7) is 0.541. The van der Waals surface area contributed by atoms with E-state index in [-0.39, 0.29) is 18.0 Å². The van der Waals surface area contributed by atoms with Crippen LogP contribution in [0.2, 0.25) is 0 Å². The van der Waals surface area contributed by atoms with Gasteiger partial charge in [-0.05, 0) is 17.5 Å². The van der Waals surface area contributed by atoms with Crippen LogP contribution in [0.25, 0.3) is 0 Å². The maximum atomic E-state index is 14.4. The van der Waals surface area contributed by atoms with E-state index in [1.54, 1.807) is 0 Å². The number of benzene rings is 2. The van der Waals surface area contributed by atoms with Crippen LogP contribution in [-0.4, -0.2) is 33.5 Å². The summed E-state index contributed by atoms with van der Waals surface area (Å²) in [5, 5.41) is 0. The van der Waals surface area contributed by atoms with Gasteiger partial charge < -0.3 is 9.47 Å². The van der Waals surface area contributed by atoms with Crippen molar-refractivity contribution in [1.29, 1.82) is 0 Å². The normalized spacial score (nSPS) is 15.0. The van der Waals surface area contributed by atoms with Crippen molar-refractivity contribution < 1.29 is 22.3 Å². The number of rotatable bonds is 4.